The Balaban J connectivity index is 2.49. The van der Waals surface area contributed by atoms with Crippen LogP contribution in [0.15, 0.2) is 47.4 Å². The third-order valence-corrected chi connectivity index (χ3v) is 4.50. The molecule has 0 aliphatic rings. The summed E-state index contributed by atoms with van der Waals surface area (Å²) in [6.45, 7) is 3.22. The molecule has 2 aromatic carbocycles. The highest BCUT2D eigenvalue weighted by atomic mass is 32.2. The van der Waals surface area contributed by atoms with Crippen molar-refractivity contribution in [2.24, 2.45) is 0 Å². The van der Waals surface area contributed by atoms with E-state index < -0.39 is 14.9 Å². The number of benzene rings is 2. The van der Waals surface area contributed by atoms with E-state index in [1.807, 2.05) is 0 Å². The highest BCUT2D eigenvalue weighted by molar-refractivity contribution is 7.92. The maximum Gasteiger partial charge on any atom is 0.274 e. The van der Waals surface area contributed by atoms with Gasteiger partial charge in [-0.3, -0.25) is 14.8 Å². The van der Waals surface area contributed by atoms with Gasteiger partial charge in [0.05, 0.1) is 21.1 Å². The Hall–Kier alpha value is -2.41. The van der Waals surface area contributed by atoms with Gasteiger partial charge in [-0.2, -0.15) is 0 Å². The molecule has 7 heteroatoms. The zero-order valence-corrected chi connectivity index (χ0v) is 12.3. The second-order valence-electron chi connectivity index (χ2n) is 4.58. The molecule has 0 atom stereocenters. The molecule has 110 valence electrons. The number of nitrogens with zero attached hydrogens (tertiary/aromatic N) is 1. The van der Waals surface area contributed by atoms with Crippen molar-refractivity contribution in [2.75, 3.05) is 4.72 Å². The van der Waals surface area contributed by atoms with Crippen LogP contribution in [-0.2, 0) is 10.0 Å². The van der Waals surface area contributed by atoms with Crippen molar-refractivity contribution < 1.29 is 13.3 Å². The quantitative estimate of drug-likeness (QED) is 0.694. The van der Waals surface area contributed by atoms with E-state index in [1.54, 1.807) is 25.1 Å². The van der Waals surface area contributed by atoms with Crippen LogP contribution < -0.4 is 4.72 Å². The lowest BCUT2D eigenvalue weighted by Gasteiger charge is -2.13. The van der Waals surface area contributed by atoms with Gasteiger partial charge in [-0.1, -0.05) is 24.3 Å². The lowest BCUT2D eigenvalue weighted by Crippen LogP contribution is -2.15. The first-order valence-corrected chi connectivity index (χ1v) is 7.63. The molecule has 0 saturated heterocycles. The van der Waals surface area contributed by atoms with Crippen LogP contribution in [0.1, 0.15) is 11.1 Å². The van der Waals surface area contributed by atoms with Crippen LogP contribution in [0, 0.1) is 24.0 Å². The summed E-state index contributed by atoms with van der Waals surface area (Å²) < 4.78 is 27.0. The van der Waals surface area contributed by atoms with E-state index in [0.717, 1.165) is 0 Å². The van der Waals surface area contributed by atoms with Gasteiger partial charge < -0.3 is 0 Å². The number of nitrogens with one attached hydrogen (secondary N) is 1. The first kappa shape index (κ1) is 15.0. The Kier molecular flexibility index (Phi) is 3.95. The number of sulfonamides is 1. The number of hydrogen-bond acceptors (Lipinski definition) is 4. The van der Waals surface area contributed by atoms with E-state index >= 15 is 0 Å². The predicted molar refractivity (Wildman–Crippen MR) is 79.8 cm³/mol. The molecule has 0 unspecified atom stereocenters. The van der Waals surface area contributed by atoms with Crippen LogP contribution in [0.2, 0.25) is 0 Å². The zero-order chi connectivity index (χ0) is 15.6. The highest BCUT2D eigenvalue weighted by Gasteiger charge is 2.21. The number of hydrogen-bond donors (Lipinski definition) is 1. The van der Waals surface area contributed by atoms with Crippen molar-refractivity contribution in [1.82, 2.24) is 0 Å². The average Bonchev–Trinajstić information content (AvgIpc) is 2.44. The van der Waals surface area contributed by atoms with E-state index in [4.69, 9.17) is 0 Å². The number of nitro benzene ring substituents is 1. The largest absolute Gasteiger partial charge is 0.279 e. The van der Waals surface area contributed by atoms with Gasteiger partial charge >= 0.3 is 0 Å². The van der Waals surface area contributed by atoms with Crippen molar-refractivity contribution in [3.05, 3.63) is 63.7 Å². The molecule has 0 fully saturated rings. The van der Waals surface area contributed by atoms with Gasteiger partial charge in [0.25, 0.3) is 15.7 Å². The molecule has 6 nitrogen and oxygen atoms in total. The van der Waals surface area contributed by atoms with Crippen molar-refractivity contribution in [3.8, 4) is 0 Å². The number of nitro groups is 1. The van der Waals surface area contributed by atoms with E-state index in [1.165, 1.54) is 31.2 Å². The lowest BCUT2D eigenvalue weighted by molar-refractivity contribution is -0.385. The van der Waals surface area contributed by atoms with Gasteiger partial charge in [0, 0.05) is 6.07 Å². The Morgan fingerprint density at radius 1 is 1.05 bits per heavy atom. The minimum atomic E-state index is -3.77. The van der Waals surface area contributed by atoms with E-state index in [-0.39, 0.29) is 16.3 Å². The number of rotatable bonds is 4. The van der Waals surface area contributed by atoms with Gasteiger partial charge in [-0.25, -0.2) is 8.42 Å². The van der Waals surface area contributed by atoms with E-state index in [0.29, 0.717) is 11.1 Å². The van der Waals surface area contributed by atoms with E-state index in [2.05, 4.69) is 4.72 Å². The third-order valence-electron chi connectivity index (χ3n) is 3.13. The van der Waals surface area contributed by atoms with Crippen LogP contribution in [0.25, 0.3) is 0 Å². The fraction of sp³-hybridized carbons (Fsp3) is 0.143. The number of aryl methyl sites for hydroxylation is 1. The lowest BCUT2D eigenvalue weighted by atomic mass is 10.1. The molecule has 0 heterocycles. The van der Waals surface area contributed by atoms with Crippen molar-refractivity contribution >= 4 is 21.4 Å². The normalized spacial score (nSPS) is 11.1. The van der Waals surface area contributed by atoms with Crippen LogP contribution >= 0.6 is 0 Å². The summed E-state index contributed by atoms with van der Waals surface area (Å²) in [5, 5.41) is 10.9. The summed E-state index contributed by atoms with van der Waals surface area (Å²) in [6.07, 6.45) is 0. The molecule has 0 spiro atoms. The molecule has 0 aromatic heterocycles. The molecule has 21 heavy (non-hydrogen) atoms. The van der Waals surface area contributed by atoms with Gasteiger partial charge in [-0.05, 0) is 31.5 Å². The molecular weight excluding hydrogens is 292 g/mol. The SMILES string of the molecule is Cc1ccc([N+](=O)[O-])c(C)c1NS(=O)(=O)c1ccccc1. The molecular formula is C14H14N2O4S. The Morgan fingerprint density at radius 2 is 1.67 bits per heavy atom. The summed E-state index contributed by atoms with van der Waals surface area (Å²) in [5.41, 5.74) is 1.04. The topological polar surface area (TPSA) is 89.3 Å². The van der Waals surface area contributed by atoms with Crippen LogP contribution in [0.5, 0.6) is 0 Å². The summed E-state index contributed by atoms with van der Waals surface area (Å²) in [7, 11) is -3.77. The second-order valence-corrected chi connectivity index (χ2v) is 6.26. The van der Waals surface area contributed by atoms with Gasteiger partial charge in [0.1, 0.15) is 0 Å². The minimum absolute atomic E-state index is 0.107. The van der Waals surface area contributed by atoms with Crippen molar-refractivity contribution in [1.29, 1.82) is 0 Å². The van der Waals surface area contributed by atoms with Crippen molar-refractivity contribution in [2.45, 2.75) is 18.7 Å². The predicted octanol–water partition coefficient (Wildman–Crippen LogP) is 3.01. The smallest absolute Gasteiger partial charge is 0.274 e. The van der Waals surface area contributed by atoms with Crippen LogP contribution in [0.3, 0.4) is 0 Å². The fourth-order valence-electron chi connectivity index (χ4n) is 1.98. The standard InChI is InChI=1S/C14H14N2O4S/c1-10-8-9-13(16(17)18)11(2)14(10)15-21(19,20)12-6-4-3-5-7-12/h3-9,15H,1-2H3. The molecule has 0 aliphatic carbocycles. The summed E-state index contributed by atoms with van der Waals surface area (Å²) >= 11 is 0. The average molecular weight is 306 g/mol. The Morgan fingerprint density at radius 3 is 2.24 bits per heavy atom. The first-order chi connectivity index (χ1) is 9.83. The fourth-order valence-corrected chi connectivity index (χ4v) is 3.20. The summed E-state index contributed by atoms with van der Waals surface area (Å²) in [5.74, 6) is 0. The zero-order valence-electron chi connectivity index (χ0n) is 11.5. The minimum Gasteiger partial charge on any atom is -0.279 e. The van der Waals surface area contributed by atoms with Gasteiger partial charge in [0.15, 0.2) is 0 Å². The number of anilines is 1. The monoisotopic (exact) mass is 306 g/mol. The molecule has 0 radical (unpaired) electrons. The van der Waals surface area contributed by atoms with Crippen LogP contribution in [-0.4, -0.2) is 13.3 Å². The molecule has 2 rings (SSSR count). The first-order valence-electron chi connectivity index (χ1n) is 6.15. The van der Waals surface area contributed by atoms with Crippen molar-refractivity contribution in [3.63, 3.8) is 0 Å². The maximum absolute atomic E-state index is 12.3. The molecule has 1 N–H and O–H groups in total. The Bertz CT molecular complexity index is 786. The second kappa shape index (κ2) is 5.53. The summed E-state index contributed by atoms with van der Waals surface area (Å²) in [4.78, 5) is 10.5. The van der Waals surface area contributed by atoms with Gasteiger partial charge in [0.2, 0.25) is 0 Å². The third kappa shape index (κ3) is 3.03. The molecule has 0 bridgehead atoms. The molecule has 0 aliphatic heterocycles. The molecule has 0 saturated carbocycles. The molecule has 2 aromatic rings. The highest BCUT2D eigenvalue weighted by Crippen LogP contribution is 2.30. The summed E-state index contributed by atoms with van der Waals surface area (Å²) in [6, 6.07) is 10.7. The van der Waals surface area contributed by atoms with E-state index in [9.17, 15) is 18.5 Å². The van der Waals surface area contributed by atoms with Gasteiger partial charge in [-0.15, -0.1) is 0 Å². The Labute approximate surface area is 122 Å². The maximum atomic E-state index is 12.3. The van der Waals surface area contributed by atoms with Crippen LogP contribution in [0.4, 0.5) is 11.4 Å². The molecule has 0 amide bonds.